The van der Waals surface area contributed by atoms with Gasteiger partial charge in [0.15, 0.2) is 0 Å². The van der Waals surface area contributed by atoms with E-state index in [0.717, 1.165) is 18.4 Å². The first-order chi connectivity index (χ1) is 10.1. The number of rotatable bonds is 5. The van der Waals surface area contributed by atoms with Crippen LogP contribution in [-0.2, 0) is 17.9 Å². The topological polar surface area (TPSA) is 32.3 Å². The first-order valence-electron chi connectivity index (χ1n) is 8.14. The van der Waals surface area contributed by atoms with Gasteiger partial charge in [-0.15, -0.1) is 0 Å². The van der Waals surface area contributed by atoms with Gasteiger partial charge in [0.05, 0.1) is 0 Å². The molecule has 1 heterocycles. The zero-order chi connectivity index (χ0) is 15.2. The van der Waals surface area contributed by atoms with Crippen molar-refractivity contribution in [2.24, 2.45) is 11.8 Å². The van der Waals surface area contributed by atoms with E-state index in [2.05, 4.69) is 48.3 Å². The van der Waals surface area contributed by atoms with Crippen LogP contribution in [0.2, 0.25) is 0 Å². The van der Waals surface area contributed by atoms with Crippen LogP contribution >= 0.6 is 0 Å². The molecule has 2 rings (SSSR count). The molecule has 1 aromatic rings. The molecule has 0 aromatic heterocycles. The number of carbonyl (C=O) groups excluding carboxylic acids is 1. The summed E-state index contributed by atoms with van der Waals surface area (Å²) in [5.74, 6) is 1.67. The highest BCUT2D eigenvalue weighted by Crippen LogP contribution is 2.23. The zero-order valence-electron chi connectivity index (χ0n) is 13.6. The molecule has 0 aliphatic carbocycles. The molecule has 0 saturated carbocycles. The van der Waals surface area contributed by atoms with E-state index in [1.165, 1.54) is 30.6 Å². The molecule has 1 aliphatic heterocycles. The number of hydrogen-bond acceptors (Lipinski definition) is 2. The van der Waals surface area contributed by atoms with Crippen LogP contribution in [0.4, 0.5) is 0 Å². The van der Waals surface area contributed by atoms with Crippen LogP contribution in [0.5, 0.6) is 0 Å². The Morgan fingerprint density at radius 1 is 1.19 bits per heavy atom. The Bertz CT molecular complexity index is 462. The van der Waals surface area contributed by atoms with Gasteiger partial charge in [-0.05, 0) is 29.4 Å². The lowest BCUT2D eigenvalue weighted by Crippen LogP contribution is -2.38. The van der Waals surface area contributed by atoms with Crippen LogP contribution < -0.4 is 5.32 Å². The molecule has 2 atom stereocenters. The minimum absolute atomic E-state index is 0.116. The fraction of sp³-hybridized carbons (Fsp3) is 0.611. The maximum Gasteiger partial charge on any atom is 0.219 e. The summed E-state index contributed by atoms with van der Waals surface area (Å²) in [6.07, 6.45) is 1.88. The van der Waals surface area contributed by atoms with Crippen LogP contribution in [-0.4, -0.2) is 23.9 Å². The summed E-state index contributed by atoms with van der Waals surface area (Å²) >= 11 is 0. The van der Waals surface area contributed by atoms with Crippen molar-refractivity contribution in [2.45, 2.75) is 46.7 Å². The average Bonchev–Trinajstić information content (AvgIpc) is 2.45. The first kappa shape index (κ1) is 16.0. The molecule has 3 nitrogen and oxygen atoms in total. The molecule has 21 heavy (non-hydrogen) atoms. The molecule has 2 unspecified atom stereocenters. The number of nitrogens with zero attached hydrogens (tertiary/aromatic N) is 1. The van der Waals surface area contributed by atoms with E-state index >= 15 is 0 Å². The normalized spacial score (nSPS) is 23.0. The second kappa shape index (κ2) is 7.60. The highest BCUT2D eigenvalue weighted by atomic mass is 16.1. The highest BCUT2D eigenvalue weighted by molar-refractivity contribution is 5.75. The molecule has 116 valence electrons. The second-order valence-electron chi connectivity index (χ2n) is 6.54. The SMILES string of the molecule is CCC(=O)NCc1ccccc1CN1CC(C)CC(C)C1. The third-order valence-corrected chi connectivity index (χ3v) is 4.25. The van der Waals surface area contributed by atoms with E-state index in [0.29, 0.717) is 13.0 Å². The minimum Gasteiger partial charge on any atom is -0.352 e. The molecule has 1 amide bonds. The van der Waals surface area contributed by atoms with Crippen LogP contribution in [0.25, 0.3) is 0 Å². The number of likely N-dealkylation sites (tertiary alicyclic amines) is 1. The number of hydrogen-bond donors (Lipinski definition) is 1. The maximum atomic E-state index is 11.5. The fourth-order valence-corrected chi connectivity index (χ4v) is 3.37. The standard InChI is InChI=1S/C18H28N2O/c1-4-18(21)19-10-16-7-5-6-8-17(16)13-20-11-14(2)9-15(3)12-20/h5-8,14-15H,4,9-13H2,1-3H3,(H,19,21). The molecule has 1 saturated heterocycles. The monoisotopic (exact) mass is 288 g/mol. The summed E-state index contributed by atoms with van der Waals surface area (Å²) < 4.78 is 0. The molecule has 0 spiro atoms. The molecule has 1 aliphatic rings. The van der Waals surface area contributed by atoms with Crippen LogP contribution in [0, 0.1) is 11.8 Å². The van der Waals surface area contributed by atoms with E-state index in [9.17, 15) is 4.79 Å². The van der Waals surface area contributed by atoms with E-state index in [1.54, 1.807) is 0 Å². The molecule has 1 N–H and O–H groups in total. The molecule has 0 bridgehead atoms. The van der Waals surface area contributed by atoms with Gasteiger partial charge in [-0.1, -0.05) is 45.0 Å². The summed E-state index contributed by atoms with van der Waals surface area (Å²) in [6, 6.07) is 8.47. The molecule has 1 fully saturated rings. The third-order valence-electron chi connectivity index (χ3n) is 4.25. The second-order valence-corrected chi connectivity index (χ2v) is 6.54. The zero-order valence-corrected chi connectivity index (χ0v) is 13.6. The Hall–Kier alpha value is -1.35. The number of nitrogens with one attached hydrogen (secondary N) is 1. The van der Waals surface area contributed by atoms with Gasteiger partial charge in [0.25, 0.3) is 0 Å². The minimum atomic E-state index is 0.116. The molecule has 3 heteroatoms. The van der Waals surface area contributed by atoms with Gasteiger partial charge >= 0.3 is 0 Å². The van der Waals surface area contributed by atoms with Crippen molar-refractivity contribution in [3.05, 3.63) is 35.4 Å². The summed E-state index contributed by atoms with van der Waals surface area (Å²) in [6.45, 7) is 10.6. The lowest BCUT2D eigenvalue weighted by molar-refractivity contribution is -0.120. The van der Waals surface area contributed by atoms with Gasteiger partial charge in [0.2, 0.25) is 5.91 Å². The fourth-order valence-electron chi connectivity index (χ4n) is 3.37. The summed E-state index contributed by atoms with van der Waals surface area (Å²) in [5.41, 5.74) is 2.58. The van der Waals surface area contributed by atoms with E-state index < -0.39 is 0 Å². The van der Waals surface area contributed by atoms with E-state index in [1.807, 2.05) is 6.92 Å². The van der Waals surface area contributed by atoms with Gasteiger partial charge in [0, 0.05) is 32.6 Å². The maximum absolute atomic E-state index is 11.5. The largest absolute Gasteiger partial charge is 0.352 e. The first-order valence-corrected chi connectivity index (χ1v) is 8.14. The van der Waals surface area contributed by atoms with Crippen molar-refractivity contribution in [1.29, 1.82) is 0 Å². The van der Waals surface area contributed by atoms with Gasteiger partial charge in [0.1, 0.15) is 0 Å². The lowest BCUT2D eigenvalue weighted by Gasteiger charge is -2.35. The lowest BCUT2D eigenvalue weighted by atomic mass is 9.91. The van der Waals surface area contributed by atoms with Crippen LogP contribution in [0.1, 0.15) is 44.7 Å². The van der Waals surface area contributed by atoms with Gasteiger partial charge in [-0.2, -0.15) is 0 Å². The van der Waals surface area contributed by atoms with Crippen LogP contribution in [0.15, 0.2) is 24.3 Å². The molecular formula is C18H28N2O. The quantitative estimate of drug-likeness (QED) is 0.902. The highest BCUT2D eigenvalue weighted by Gasteiger charge is 2.22. The number of carbonyl (C=O) groups is 1. The Morgan fingerprint density at radius 2 is 1.81 bits per heavy atom. The van der Waals surface area contributed by atoms with Gasteiger partial charge < -0.3 is 5.32 Å². The van der Waals surface area contributed by atoms with Crippen molar-refractivity contribution in [2.75, 3.05) is 13.1 Å². The summed E-state index contributed by atoms with van der Waals surface area (Å²) in [7, 11) is 0. The molecular weight excluding hydrogens is 260 g/mol. The number of amides is 1. The van der Waals surface area contributed by atoms with E-state index in [4.69, 9.17) is 0 Å². The van der Waals surface area contributed by atoms with Crippen LogP contribution in [0.3, 0.4) is 0 Å². The Morgan fingerprint density at radius 3 is 2.43 bits per heavy atom. The van der Waals surface area contributed by atoms with Crippen molar-refractivity contribution < 1.29 is 4.79 Å². The summed E-state index contributed by atoms with van der Waals surface area (Å²) in [5, 5.41) is 2.99. The Labute approximate surface area is 128 Å². The van der Waals surface area contributed by atoms with Crippen molar-refractivity contribution in [3.63, 3.8) is 0 Å². The van der Waals surface area contributed by atoms with Crippen molar-refractivity contribution in [1.82, 2.24) is 10.2 Å². The Kier molecular flexibility index (Phi) is 5.80. The Balaban J connectivity index is 2.00. The average molecular weight is 288 g/mol. The molecule has 1 aromatic carbocycles. The summed E-state index contributed by atoms with van der Waals surface area (Å²) in [4.78, 5) is 14.0. The van der Waals surface area contributed by atoms with Crippen molar-refractivity contribution >= 4 is 5.91 Å². The molecule has 0 radical (unpaired) electrons. The number of benzene rings is 1. The smallest absolute Gasteiger partial charge is 0.219 e. The predicted molar refractivity (Wildman–Crippen MR) is 86.8 cm³/mol. The predicted octanol–water partition coefficient (Wildman–Crippen LogP) is 3.19. The third kappa shape index (κ3) is 4.85. The number of piperidine rings is 1. The van der Waals surface area contributed by atoms with Gasteiger partial charge in [-0.25, -0.2) is 0 Å². The van der Waals surface area contributed by atoms with Gasteiger partial charge in [-0.3, -0.25) is 9.69 Å². The van der Waals surface area contributed by atoms with E-state index in [-0.39, 0.29) is 5.91 Å². The van der Waals surface area contributed by atoms with Crippen molar-refractivity contribution in [3.8, 4) is 0 Å².